The summed E-state index contributed by atoms with van der Waals surface area (Å²) in [6, 6.07) is 21.4. The van der Waals surface area contributed by atoms with Crippen LogP contribution in [0.5, 0.6) is 23.0 Å². The zero-order valence-electron chi connectivity index (χ0n) is 27.4. The van der Waals surface area contributed by atoms with Gasteiger partial charge in [-0.3, -0.25) is 9.63 Å². The van der Waals surface area contributed by atoms with E-state index >= 15 is 0 Å². The number of hydroxylamine groups is 1. The van der Waals surface area contributed by atoms with Gasteiger partial charge in [0.05, 0.1) is 19.8 Å². The minimum atomic E-state index is -0.605. The Balaban J connectivity index is 1.50. The minimum absolute atomic E-state index is 0.0723. The van der Waals surface area contributed by atoms with Crippen LogP contribution in [0.15, 0.2) is 66.7 Å². The summed E-state index contributed by atoms with van der Waals surface area (Å²) in [5, 5.41) is 0. The standard InChI is InChI=1S/C36H47NO8/c1-35(2,3)27-12-14-30-32(20-27)40-18-16-39-17-19-41-33-21-28(36(4,5)6)13-15-31(33)44-24-29(23-43-30)42-25-34(38)37-45-22-26-10-8-7-9-11-26/h7-15,20-21,29H,16-19,22-25H2,1-6H3,(H,37,38). The zero-order valence-corrected chi connectivity index (χ0v) is 27.4. The van der Waals surface area contributed by atoms with Gasteiger partial charge in [0.2, 0.25) is 0 Å². The third-order valence-corrected chi connectivity index (χ3v) is 7.16. The smallest absolute Gasteiger partial charge is 0.269 e. The van der Waals surface area contributed by atoms with Gasteiger partial charge in [0, 0.05) is 0 Å². The molecule has 0 bridgehead atoms. The first kappa shape index (κ1) is 34.1. The van der Waals surface area contributed by atoms with Gasteiger partial charge >= 0.3 is 0 Å². The lowest BCUT2D eigenvalue weighted by molar-refractivity contribution is -0.142. The number of hydrogen-bond donors (Lipinski definition) is 1. The molecule has 4 rings (SSSR count). The van der Waals surface area contributed by atoms with Crippen LogP contribution in [0.2, 0.25) is 0 Å². The second-order valence-electron chi connectivity index (χ2n) is 13.0. The summed E-state index contributed by atoms with van der Waals surface area (Å²) in [4.78, 5) is 17.9. The van der Waals surface area contributed by atoms with Crippen LogP contribution >= 0.6 is 0 Å². The minimum Gasteiger partial charge on any atom is -0.487 e. The first-order chi connectivity index (χ1) is 21.5. The summed E-state index contributed by atoms with van der Waals surface area (Å²) < 4.78 is 36.4. The van der Waals surface area contributed by atoms with Crippen LogP contribution in [-0.2, 0) is 36.5 Å². The third kappa shape index (κ3) is 11.0. The van der Waals surface area contributed by atoms with Crippen molar-refractivity contribution in [3.8, 4) is 23.0 Å². The van der Waals surface area contributed by atoms with Crippen molar-refractivity contribution >= 4 is 5.91 Å². The Hall–Kier alpha value is -3.79. The number of amides is 1. The molecule has 0 radical (unpaired) electrons. The van der Waals surface area contributed by atoms with Gasteiger partial charge in [-0.2, -0.15) is 0 Å². The molecule has 45 heavy (non-hydrogen) atoms. The molecule has 0 saturated heterocycles. The first-order valence-electron chi connectivity index (χ1n) is 15.4. The highest BCUT2D eigenvalue weighted by Gasteiger charge is 2.22. The van der Waals surface area contributed by atoms with Crippen molar-refractivity contribution in [1.82, 2.24) is 5.48 Å². The maximum absolute atomic E-state index is 12.6. The molecule has 3 aromatic rings. The molecular weight excluding hydrogens is 574 g/mol. The van der Waals surface area contributed by atoms with Crippen LogP contribution in [0.3, 0.4) is 0 Å². The number of ether oxygens (including phenoxy) is 6. The van der Waals surface area contributed by atoms with Crippen LogP contribution in [-0.4, -0.2) is 58.3 Å². The maximum Gasteiger partial charge on any atom is 0.269 e. The van der Waals surface area contributed by atoms with E-state index in [1.807, 2.05) is 66.7 Å². The zero-order chi connectivity index (χ0) is 32.3. The van der Waals surface area contributed by atoms with Crippen LogP contribution < -0.4 is 24.4 Å². The van der Waals surface area contributed by atoms with E-state index in [2.05, 4.69) is 47.0 Å². The topological polar surface area (TPSA) is 93.7 Å². The second-order valence-corrected chi connectivity index (χ2v) is 13.0. The number of rotatable bonds is 6. The predicted molar refractivity (Wildman–Crippen MR) is 172 cm³/mol. The number of fused-ring (bicyclic) bond motifs is 2. The number of nitrogens with one attached hydrogen (secondary N) is 1. The predicted octanol–water partition coefficient (Wildman–Crippen LogP) is 6.16. The SMILES string of the molecule is CC(C)(C)c1ccc2c(c1)OCCOCCOc1cc(C(C)(C)C)ccc1OCC(OCC(=O)NOCc1ccccc1)CO2. The lowest BCUT2D eigenvalue weighted by Gasteiger charge is -2.24. The fourth-order valence-electron chi connectivity index (χ4n) is 4.44. The van der Waals surface area contributed by atoms with Gasteiger partial charge in [0.25, 0.3) is 5.91 Å². The van der Waals surface area contributed by atoms with Crippen molar-refractivity contribution in [2.45, 2.75) is 65.1 Å². The number of hydrogen-bond acceptors (Lipinski definition) is 8. The highest BCUT2D eigenvalue weighted by atomic mass is 16.7. The first-order valence-corrected chi connectivity index (χ1v) is 15.4. The molecule has 0 aliphatic carbocycles. The molecule has 1 amide bonds. The molecule has 9 heteroatoms. The van der Waals surface area contributed by atoms with E-state index in [9.17, 15) is 4.79 Å². The number of benzene rings is 3. The van der Waals surface area contributed by atoms with Gasteiger partial charge in [0.1, 0.15) is 39.1 Å². The van der Waals surface area contributed by atoms with Gasteiger partial charge < -0.3 is 28.4 Å². The van der Waals surface area contributed by atoms with Crippen LogP contribution in [0.4, 0.5) is 0 Å². The third-order valence-electron chi connectivity index (χ3n) is 7.16. The fourth-order valence-corrected chi connectivity index (χ4v) is 4.44. The summed E-state index contributed by atoms with van der Waals surface area (Å²) in [6.45, 7) is 14.6. The average Bonchev–Trinajstić information content (AvgIpc) is 3.00. The van der Waals surface area contributed by atoms with Gasteiger partial charge in [-0.25, -0.2) is 5.48 Å². The monoisotopic (exact) mass is 621 g/mol. The summed E-state index contributed by atoms with van der Waals surface area (Å²) >= 11 is 0. The lowest BCUT2D eigenvalue weighted by Crippen LogP contribution is -2.35. The van der Waals surface area contributed by atoms with Gasteiger partial charge in [-0.15, -0.1) is 0 Å². The second kappa shape index (κ2) is 16.0. The molecule has 244 valence electrons. The van der Waals surface area contributed by atoms with Crippen molar-refractivity contribution in [2.24, 2.45) is 0 Å². The maximum atomic E-state index is 12.6. The lowest BCUT2D eigenvalue weighted by atomic mass is 9.87. The molecule has 0 unspecified atom stereocenters. The Morgan fingerprint density at radius 1 is 0.711 bits per heavy atom. The Morgan fingerprint density at radius 3 is 1.76 bits per heavy atom. The Labute approximate surface area is 267 Å². The van der Waals surface area contributed by atoms with Crippen molar-refractivity contribution in [1.29, 1.82) is 0 Å². The molecule has 1 aliphatic heterocycles. The quantitative estimate of drug-likeness (QED) is 0.327. The molecule has 0 spiro atoms. The molecule has 1 heterocycles. The van der Waals surface area contributed by atoms with Crippen molar-refractivity contribution in [3.05, 3.63) is 83.4 Å². The largest absolute Gasteiger partial charge is 0.487 e. The summed E-state index contributed by atoms with van der Waals surface area (Å²) in [7, 11) is 0. The van der Waals surface area contributed by atoms with Crippen molar-refractivity contribution in [2.75, 3.05) is 46.2 Å². The van der Waals surface area contributed by atoms with E-state index in [4.69, 9.17) is 33.3 Å². The van der Waals surface area contributed by atoms with Gasteiger partial charge in [-0.1, -0.05) is 84.0 Å². The highest BCUT2D eigenvalue weighted by molar-refractivity contribution is 5.76. The molecule has 0 atom stereocenters. The highest BCUT2D eigenvalue weighted by Crippen LogP contribution is 2.35. The molecule has 9 nitrogen and oxygen atoms in total. The van der Waals surface area contributed by atoms with Crippen LogP contribution in [0.1, 0.15) is 58.2 Å². The molecule has 0 fully saturated rings. The fraction of sp³-hybridized carbons (Fsp3) is 0.472. The molecule has 0 aromatic heterocycles. The number of carbonyl (C=O) groups excluding carboxylic acids is 1. The summed E-state index contributed by atoms with van der Waals surface area (Å²) in [6.07, 6.45) is -0.605. The molecule has 0 saturated carbocycles. The van der Waals surface area contributed by atoms with E-state index in [0.717, 1.165) is 16.7 Å². The van der Waals surface area contributed by atoms with Crippen molar-refractivity contribution in [3.63, 3.8) is 0 Å². The van der Waals surface area contributed by atoms with Crippen molar-refractivity contribution < 1.29 is 38.1 Å². The summed E-state index contributed by atoms with van der Waals surface area (Å²) in [5.74, 6) is 1.94. The average molecular weight is 622 g/mol. The Bertz CT molecular complexity index is 1290. The number of carbonyl (C=O) groups is 1. The Morgan fingerprint density at radius 2 is 1.24 bits per heavy atom. The van der Waals surface area contributed by atoms with E-state index in [1.54, 1.807) is 0 Å². The molecule has 3 aromatic carbocycles. The van der Waals surface area contributed by atoms with E-state index in [1.165, 1.54) is 0 Å². The van der Waals surface area contributed by atoms with Gasteiger partial charge in [-0.05, 0) is 51.8 Å². The molecule has 1 N–H and O–H groups in total. The Kier molecular flexibility index (Phi) is 12.1. The van der Waals surface area contributed by atoms with Crippen LogP contribution in [0, 0.1) is 0 Å². The van der Waals surface area contributed by atoms with E-state index in [0.29, 0.717) is 49.4 Å². The van der Waals surface area contributed by atoms with Gasteiger partial charge in [0.15, 0.2) is 23.0 Å². The molecule has 1 aliphatic rings. The van der Waals surface area contributed by atoms with Crippen LogP contribution in [0.25, 0.3) is 0 Å². The molecular formula is C36H47NO8. The van der Waals surface area contributed by atoms with E-state index in [-0.39, 0.29) is 37.3 Å². The normalized spacial score (nSPS) is 15.3. The summed E-state index contributed by atoms with van der Waals surface area (Å²) in [5.41, 5.74) is 5.47. The van der Waals surface area contributed by atoms with E-state index < -0.39 is 12.0 Å².